The van der Waals surface area contributed by atoms with Gasteiger partial charge in [0.25, 0.3) is 0 Å². The Morgan fingerprint density at radius 1 is 1.60 bits per heavy atom. The molecule has 1 aromatic rings. The number of aryl methyl sites for hydroxylation is 1. The number of carboxylic acid groups (broad SMARTS) is 1. The largest absolute Gasteiger partial charge is 0.477 e. The molecule has 1 fully saturated rings. The number of rotatable bonds is 5. The van der Waals surface area contributed by atoms with E-state index in [1.165, 1.54) is 6.07 Å². The van der Waals surface area contributed by atoms with Crippen LogP contribution in [-0.2, 0) is 14.8 Å². The zero-order valence-corrected chi connectivity index (χ0v) is 12.9. The van der Waals surface area contributed by atoms with Crippen molar-refractivity contribution >= 4 is 27.3 Å². The fourth-order valence-electron chi connectivity index (χ4n) is 2.14. The maximum absolute atomic E-state index is 12.2. The van der Waals surface area contributed by atoms with Gasteiger partial charge in [0.15, 0.2) is 0 Å². The molecule has 0 aliphatic carbocycles. The van der Waals surface area contributed by atoms with Crippen LogP contribution in [0.25, 0.3) is 0 Å². The summed E-state index contributed by atoms with van der Waals surface area (Å²) in [4.78, 5) is 11.4. The first kappa shape index (κ1) is 15.4. The molecule has 2 heterocycles. The van der Waals surface area contributed by atoms with Crippen LogP contribution in [0.2, 0.25) is 0 Å². The third-order valence-corrected chi connectivity index (χ3v) is 6.00. The first-order chi connectivity index (χ1) is 9.23. The molecule has 1 aromatic heterocycles. The lowest BCUT2D eigenvalue weighted by molar-refractivity contribution is 0.0250. The normalized spacial score (nSPS) is 23.1. The summed E-state index contributed by atoms with van der Waals surface area (Å²) in [5, 5.41) is 8.91. The molecule has 0 amide bonds. The summed E-state index contributed by atoms with van der Waals surface area (Å²) in [6.45, 7) is 4.29. The lowest BCUT2D eigenvalue weighted by atomic mass is 10.0. The summed E-state index contributed by atoms with van der Waals surface area (Å²) in [6.07, 6.45) is 1.72. The predicted octanol–water partition coefficient (Wildman–Crippen LogP) is 1.60. The van der Waals surface area contributed by atoms with Gasteiger partial charge in [0.1, 0.15) is 4.88 Å². The van der Waals surface area contributed by atoms with E-state index in [2.05, 4.69) is 4.72 Å². The predicted molar refractivity (Wildman–Crippen MR) is 74.8 cm³/mol. The number of ether oxygens (including phenoxy) is 1. The number of nitrogens with one attached hydrogen (secondary N) is 1. The molecule has 20 heavy (non-hydrogen) atoms. The van der Waals surface area contributed by atoms with Crippen molar-refractivity contribution in [2.24, 2.45) is 0 Å². The molecule has 0 saturated carbocycles. The SMILES string of the molecule is Cc1sc(C(=O)O)cc1S(=O)(=O)NCC1(C)CCCO1. The zero-order valence-electron chi connectivity index (χ0n) is 11.3. The van der Waals surface area contributed by atoms with Gasteiger partial charge in [0, 0.05) is 18.0 Å². The van der Waals surface area contributed by atoms with Gasteiger partial charge in [0.2, 0.25) is 10.0 Å². The van der Waals surface area contributed by atoms with E-state index in [1.54, 1.807) is 6.92 Å². The minimum Gasteiger partial charge on any atom is -0.477 e. The van der Waals surface area contributed by atoms with Crippen molar-refractivity contribution in [2.75, 3.05) is 13.2 Å². The van der Waals surface area contributed by atoms with Crippen LogP contribution in [-0.4, -0.2) is 38.2 Å². The lowest BCUT2D eigenvalue weighted by Gasteiger charge is -2.23. The van der Waals surface area contributed by atoms with E-state index >= 15 is 0 Å². The van der Waals surface area contributed by atoms with Gasteiger partial charge < -0.3 is 9.84 Å². The molecule has 8 heteroatoms. The zero-order chi connectivity index (χ0) is 15.0. The van der Waals surface area contributed by atoms with Crippen LogP contribution in [0, 0.1) is 6.92 Å². The van der Waals surface area contributed by atoms with Crippen molar-refractivity contribution in [2.45, 2.75) is 37.2 Å². The summed E-state index contributed by atoms with van der Waals surface area (Å²) in [6, 6.07) is 1.20. The van der Waals surface area contributed by atoms with Crippen LogP contribution < -0.4 is 4.72 Å². The summed E-state index contributed by atoms with van der Waals surface area (Å²) >= 11 is 0.957. The van der Waals surface area contributed by atoms with Gasteiger partial charge in [-0.15, -0.1) is 11.3 Å². The number of hydrogen-bond donors (Lipinski definition) is 2. The number of thiophene rings is 1. The summed E-state index contributed by atoms with van der Waals surface area (Å²) < 4.78 is 32.5. The standard InChI is InChI=1S/C12H17NO5S2/c1-8-10(6-9(19-8)11(14)15)20(16,17)13-7-12(2)4-3-5-18-12/h6,13H,3-5,7H2,1-2H3,(H,14,15). The number of sulfonamides is 1. The Balaban J connectivity index is 2.16. The second kappa shape index (κ2) is 5.44. The highest BCUT2D eigenvalue weighted by atomic mass is 32.2. The molecule has 2 rings (SSSR count). The average molecular weight is 319 g/mol. The van der Waals surface area contributed by atoms with Crippen LogP contribution in [0.3, 0.4) is 0 Å². The molecule has 0 aromatic carbocycles. The third-order valence-electron chi connectivity index (χ3n) is 3.31. The van der Waals surface area contributed by atoms with E-state index < -0.39 is 21.6 Å². The third kappa shape index (κ3) is 3.20. The van der Waals surface area contributed by atoms with Gasteiger partial charge in [-0.1, -0.05) is 0 Å². The van der Waals surface area contributed by atoms with Crippen molar-refractivity contribution in [3.05, 3.63) is 15.8 Å². The highest BCUT2D eigenvalue weighted by molar-refractivity contribution is 7.89. The van der Waals surface area contributed by atoms with Crippen LogP contribution in [0.4, 0.5) is 0 Å². The highest BCUT2D eigenvalue weighted by Gasteiger charge is 2.32. The molecule has 0 radical (unpaired) electrons. The van der Waals surface area contributed by atoms with Crippen LogP contribution in [0.15, 0.2) is 11.0 Å². The van der Waals surface area contributed by atoms with Crippen molar-refractivity contribution < 1.29 is 23.1 Å². The molecule has 6 nitrogen and oxygen atoms in total. The topological polar surface area (TPSA) is 92.7 Å². The van der Waals surface area contributed by atoms with E-state index in [-0.39, 0.29) is 16.3 Å². The van der Waals surface area contributed by atoms with E-state index in [0.29, 0.717) is 11.5 Å². The Kier molecular flexibility index (Phi) is 4.19. The maximum Gasteiger partial charge on any atom is 0.345 e. The molecule has 1 atom stereocenters. The Morgan fingerprint density at radius 3 is 2.80 bits per heavy atom. The minimum atomic E-state index is -3.71. The Bertz CT molecular complexity index is 614. The smallest absolute Gasteiger partial charge is 0.345 e. The van der Waals surface area contributed by atoms with Gasteiger partial charge in [-0.2, -0.15) is 0 Å². The second-order valence-corrected chi connectivity index (χ2v) is 8.05. The molecule has 2 N–H and O–H groups in total. The van der Waals surface area contributed by atoms with E-state index in [4.69, 9.17) is 9.84 Å². The molecule has 1 unspecified atom stereocenters. The minimum absolute atomic E-state index is 0.0196. The first-order valence-electron chi connectivity index (χ1n) is 6.21. The summed E-state index contributed by atoms with van der Waals surface area (Å²) in [5.74, 6) is -1.12. The Labute approximate surface area is 121 Å². The van der Waals surface area contributed by atoms with E-state index in [0.717, 1.165) is 24.2 Å². The van der Waals surface area contributed by atoms with Gasteiger partial charge in [-0.3, -0.25) is 0 Å². The Morgan fingerprint density at radius 2 is 2.30 bits per heavy atom. The molecule has 1 aliphatic rings. The van der Waals surface area contributed by atoms with Crippen LogP contribution in [0.1, 0.15) is 34.3 Å². The quantitative estimate of drug-likeness (QED) is 0.860. The number of aromatic carboxylic acids is 1. The van der Waals surface area contributed by atoms with Crippen molar-refractivity contribution in [3.8, 4) is 0 Å². The summed E-state index contributed by atoms with van der Waals surface area (Å²) in [5.41, 5.74) is -0.480. The van der Waals surface area contributed by atoms with Crippen molar-refractivity contribution in [3.63, 3.8) is 0 Å². The molecular weight excluding hydrogens is 302 g/mol. The van der Waals surface area contributed by atoms with Gasteiger partial charge in [0.05, 0.1) is 10.5 Å². The molecule has 0 spiro atoms. The monoisotopic (exact) mass is 319 g/mol. The van der Waals surface area contributed by atoms with Crippen molar-refractivity contribution in [1.29, 1.82) is 0 Å². The van der Waals surface area contributed by atoms with Gasteiger partial charge in [-0.05, 0) is 32.8 Å². The van der Waals surface area contributed by atoms with Crippen molar-refractivity contribution in [1.82, 2.24) is 4.72 Å². The number of hydrogen-bond acceptors (Lipinski definition) is 5. The summed E-state index contributed by atoms with van der Waals surface area (Å²) in [7, 11) is -3.71. The van der Waals surface area contributed by atoms with Crippen LogP contribution >= 0.6 is 11.3 Å². The molecule has 1 aliphatic heterocycles. The molecule has 0 bridgehead atoms. The number of carbonyl (C=O) groups is 1. The molecular formula is C12H17NO5S2. The first-order valence-corrected chi connectivity index (χ1v) is 8.51. The Hall–Kier alpha value is -0.960. The second-order valence-electron chi connectivity index (χ2n) is 5.06. The fraction of sp³-hybridized carbons (Fsp3) is 0.583. The molecule has 1 saturated heterocycles. The van der Waals surface area contributed by atoms with Crippen LogP contribution in [0.5, 0.6) is 0 Å². The van der Waals surface area contributed by atoms with E-state index in [9.17, 15) is 13.2 Å². The van der Waals surface area contributed by atoms with Gasteiger partial charge in [-0.25, -0.2) is 17.9 Å². The molecule has 112 valence electrons. The van der Waals surface area contributed by atoms with E-state index in [1.807, 2.05) is 6.92 Å². The average Bonchev–Trinajstić information content (AvgIpc) is 2.94. The fourth-order valence-corrected chi connectivity index (χ4v) is 4.72. The maximum atomic E-state index is 12.2. The highest BCUT2D eigenvalue weighted by Crippen LogP contribution is 2.27. The number of carboxylic acids is 1. The van der Waals surface area contributed by atoms with Gasteiger partial charge >= 0.3 is 5.97 Å². The lowest BCUT2D eigenvalue weighted by Crippen LogP contribution is -2.40.